The Morgan fingerprint density at radius 1 is 1.61 bits per heavy atom. The summed E-state index contributed by atoms with van der Waals surface area (Å²) >= 11 is 0. The third-order valence-electron chi connectivity index (χ3n) is 2.79. The molecule has 0 aromatic carbocycles. The van der Waals surface area contributed by atoms with Crippen molar-refractivity contribution in [2.45, 2.75) is 19.0 Å². The average Bonchev–Trinajstić information content (AvgIpc) is 2.92. The summed E-state index contributed by atoms with van der Waals surface area (Å²) in [5, 5.41) is 10.3. The van der Waals surface area contributed by atoms with E-state index in [0.717, 1.165) is 0 Å². The van der Waals surface area contributed by atoms with Crippen molar-refractivity contribution in [2.75, 3.05) is 18.1 Å². The molecule has 1 aliphatic rings. The van der Waals surface area contributed by atoms with E-state index < -0.39 is 9.84 Å². The first-order chi connectivity index (χ1) is 8.50. The summed E-state index contributed by atoms with van der Waals surface area (Å²) < 4.78 is 24.2. The first kappa shape index (κ1) is 13.0. The van der Waals surface area contributed by atoms with E-state index in [9.17, 15) is 13.2 Å². The van der Waals surface area contributed by atoms with Crippen molar-refractivity contribution in [1.82, 2.24) is 20.3 Å². The number of carbonyl (C=O) groups excluding carboxylic acids is 1. The Kier molecular flexibility index (Phi) is 3.62. The molecule has 0 aliphatic carbocycles. The van der Waals surface area contributed by atoms with Crippen LogP contribution in [0, 0.1) is 0 Å². The van der Waals surface area contributed by atoms with Gasteiger partial charge in [-0.15, -0.1) is 5.10 Å². The second-order valence-corrected chi connectivity index (χ2v) is 6.46. The van der Waals surface area contributed by atoms with Crippen LogP contribution in [-0.4, -0.2) is 47.4 Å². The number of carbonyl (C=O) groups is 1. The molecule has 0 spiro atoms. The highest BCUT2D eigenvalue weighted by Gasteiger charge is 2.29. The van der Waals surface area contributed by atoms with Crippen molar-refractivity contribution in [3.63, 3.8) is 0 Å². The van der Waals surface area contributed by atoms with Gasteiger partial charge < -0.3 is 11.1 Å². The topological polar surface area (TPSA) is 120 Å². The molecule has 1 aromatic rings. The molecule has 0 saturated carbocycles. The summed E-state index contributed by atoms with van der Waals surface area (Å²) in [6, 6.07) is -0.151. The van der Waals surface area contributed by atoms with Gasteiger partial charge in [-0.3, -0.25) is 4.79 Å². The van der Waals surface area contributed by atoms with Gasteiger partial charge in [-0.25, -0.2) is 13.1 Å². The molecular formula is C9H15N5O3S. The molecule has 1 aromatic heterocycles. The number of hydrogen-bond donors (Lipinski definition) is 2. The summed E-state index contributed by atoms with van der Waals surface area (Å²) in [5.74, 6) is 0.0230. The van der Waals surface area contributed by atoms with Gasteiger partial charge in [0.05, 0.1) is 36.8 Å². The molecule has 18 heavy (non-hydrogen) atoms. The third kappa shape index (κ3) is 3.05. The van der Waals surface area contributed by atoms with Gasteiger partial charge in [-0.1, -0.05) is 5.21 Å². The Balaban J connectivity index is 1.96. The van der Waals surface area contributed by atoms with Crippen LogP contribution < -0.4 is 11.1 Å². The molecule has 2 rings (SSSR count). The molecule has 1 fully saturated rings. The van der Waals surface area contributed by atoms with Crippen molar-refractivity contribution in [3.05, 3.63) is 11.9 Å². The SMILES string of the molecule is NCC(=O)NCc1cn(C2CCS(=O)(=O)C2)nn1. The molecule has 3 N–H and O–H groups in total. The average molecular weight is 273 g/mol. The third-order valence-corrected chi connectivity index (χ3v) is 4.54. The minimum absolute atomic E-state index is 0.0744. The number of rotatable bonds is 4. The highest BCUT2D eigenvalue weighted by Crippen LogP contribution is 2.22. The number of nitrogens with zero attached hydrogens (tertiary/aromatic N) is 3. The van der Waals surface area contributed by atoms with E-state index >= 15 is 0 Å². The lowest BCUT2D eigenvalue weighted by Crippen LogP contribution is -2.29. The van der Waals surface area contributed by atoms with Gasteiger partial charge in [-0.05, 0) is 6.42 Å². The second-order valence-electron chi connectivity index (χ2n) is 4.23. The van der Waals surface area contributed by atoms with E-state index in [-0.39, 0.29) is 36.5 Å². The Hall–Kier alpha value is -1.48. The van der Waals surface area contributed by atoms with Gasteiger partial charge in [0.2, 0.25) is 5.91 Å². The molecule has 1 aliphatic heterocycles. The molecule has 1 saturated heterocycles. The van der Waals surface area contributed by atoms with Crippen LogP contribution >= 0.6 is 0 Å². The summed E-state index contributed by atoms with van der Waals surface area (Å²) in [6.45, 7) is 0.171. The molecule has 8 nitrogen and oxygen atoms in total. The van der Waals surface area contributed by atoms with Gasteiger partial charge in [0.1, 0.15) is 5.69 Å². The van der Waals surface area contributed by atoms with Crippen molar-refractivity contribution >= 4 is 15.7 Å². The number of aromatic nitrogens is 3. The zero-order valence-corrected chi connectivity index (χ0v) is 10.6. The van der Waals surface area contributed by atoms with E-state index in [1.165, 1.54) is 0 Å². The van der Waals surface area contributed by atoms with Gasteiger partial charge in [0, 0.05) is 0 Å². The molecule has 1 amide bonds. The summed E-state index contributed by atoms with van der Waals surface area (Å²) in [4.78, 5) is 11.0. The van der Waals surface area contributed by atoms with E-state index in [1.54, 1.807) is 10.9 Å². The fourth-order valence-corrected chi connectivity index (χ4v) is 3.52. The Bertz CT molecular complexity index is 538. The summed E-state index contributed by atoms with van der Waals surface area (Å²) in [7, 11) is -2.94. The zero-order chi connectivity index (χ0) is 13.2. The van der Waals surface area contributed by atoms with Crippen LogP contribution in [0.4, 0.5) is 0 Å². The number of nitrogens with one attached hydrogen (secondary N) is 1. The predicted octanol–water partition coefficient (Wildman–Crippen LogP) is -1.79. The zero-order valence-electron chi connectivity index (χ0n) is 9.74. The molecule has 9 heteroatoms. The standard InChI is InChI=1S/C9H15N5O3S/c10-3-9(15)11-4-7-5-14(13-12-7)8-1-2-18(16,17)6-8/h5,8H,1-4,6,10H2,(H,11,15). The molecule has 0 radical (unpaired) electrons. The maximum Gasteiger partial charge on any atom is 0.234 e. The van der Waals surface area contributed by atoms with Gasteiger partial charge in [-0.2, -0.15) is 0 Å². The monoisotopic (exact) mass is 273 g/mol. The molecule has 0 bridgehead atoms. The lowest BCUT2D eigenvalue weighted by atomic mass is 10.3. The number of amides is 1. The second kappa shape index (κ2) is 5.02. The van der Waals surface area contributed by atoms with Crippen molar-refractivity contribution < 1.29 is 13.2 Å². The first-order valence-electron chi connectivity index (χ1n) is 5.58. The minimum Gasteiger partial charge on any atom is -0.349 e. The Morgan fingerprint density at radius 3 is 3.00 bits per heavy atom. The Labute approximate surface area is 104 Å². The van der Waals surface area contributed by atoms with Crippen LogP contribution in [0.15, 0.2) is 6.20 Å². The van der Waals surface area contributed by atoms with Gasteiger partial charge in [0.15, 0.2) is 9.84 Å². The van der Waals surface area contributed by atoms with E-state index in [2.05, 4.69) is 15.6 Å². The lowest BCUT2D eigenvalue weighted by molar-refractivity contribution is -0.119. The van der Waals surface area contributed by atoms with E-state index in [1.807, 2.05) is 0 Å². The number of nitrogens with two attached hydrogens (primary N) is 1. The largest absolute Gasteiger partial charge is 0.349 e. The molecular weight excluding hydrogens is 258 g/mol. The highest BCUT2D eigenvalue weighted by atomic mass is 32.2. The van der Waals surface area contributed by atoms with Crippen molar-refractivity contribution in [3.8, 4) is 0 Å². The van der Waals surface area contributed by atoms with Crippen LogP contribution in [0.25, 0.3) is 0 Å². The highest BCUT2D eigenvalue weighted by molar-refractivity contribution is 7.91. The molecule has 2 heterocycles. The summed E-state index contributed by atoms with van der Waals surface area (Å²) in [6.07, 6.45) is 2.21. The summed E-state index contributed by atoms with van der Waals surface area (Å²) in [5.41, 5.74) is 5.74. The molecule has 1 atom stereocenters. The molecule has 1 unspecified atom stereocenters. The van der Waals surface area contributed by atoms with E-state index in [0.29, 0.717) is 12.1 Å². The van der Waals surface area contributed by atoms with Crippen LogP contribution in [0.5, 0.6) is 0 Å². The predicted molar refractivity (Wildman–Crippen MR) is 63.2 cm³/mol. The van der Waals surface area contributed by atoms with Crippen molar-refractivity contribution in [1.29, 1.82) is 0 Å². The van der Waals surface area contributed by atoms with Gasteiger partial charge in [0.25, 0.3) is 0 Å². The van der Waals surface area contributed by atoms with Gasteiger partial charge >= 0.3 is 0 Å². The quantitative estimate of drug-likeness (QED) is 0.668. The fraction of sp³-hybridized carbons (Fsp3) is 0.667. The maximum absolute atomic E-state index is 11.3. The minimum atomic E-state index is -2.94. The maximum atomic E-state index is 11.3. The van der Waals surface area contributed by atoms with Crippen LogP contribution in [0.2, 0.25) is 0 Å². The lowest BCUT2D eigenvalue weighted by Gasteiger charge is -2.05. The normalized spacial score (nSPS) is 21.9. The number of sulfone groups is 1. The van der Waals surface area contributed by atoms with Crippen molar-refractivity contribution in [2.24, 2.45) is 5.73 Å². The van der Waals surface area contributed by atoms with E-state index in [4.69, 9.17) is 5.73 Å². The Morgan fingerprint density at radius 2 is 2.39 bits per heavy atom. The van der Waals surface area contributed by atoms with Crippen LogP contribution in [0.1, 0.15) is 18.2 Å². The fourth-order valence-electron chi connectivity index (χ4n) is 1.82. The first-order valence-corrected chi connectivity index (χ1v) is 7.40. The smallest absolute Gasteiger partial charge is 0.234 e. The van der Waals surface area contributed by atoms with Crippen LogP contribution in [0.3, 0.4) is 0 Å². The molecule has 100 valence electrons. The number of hydrogen-bond acceptors (Lipinski definition) is 6. The van der Waals surface area contributed by atoms with Crippen LogP contribution in [-0.2, 0) is 21.2 Å².